The number of hydrogen-bond donors (Lipinski definition) is 1. The summed E-state index contributed by atoms with van der Waals surface area (Å²) in [6.45, 7) is 6.17. The summed E-state index contributed by atoms with van der Waals surface area (Å²) >= 11 is 0. The molecule has 2 N–H and O–H groups in total. The second-order valence-electron chi connectivity index (χ2n) is 5.95. The maximum atomic E-state index is 11.9. The minimum atomic E-state index is -3.23. The smallest absolute Gasteiger partial charge is 0.154 e. The molecule has 2 aromatic rings. The molecule has 0 fully saturated rings. The van der Waals surface area contributed by atoms with Crippen LogP contribution < -0.4 is 5.73 Å². The fourth-order valence-corrected chi connectivity index (χ4v) is 2.98. The van der Waals surface area contributed by atoms with Crippen LogP contribution >= 0.6 is 0 Å². The molecule has 0 bridgehead atoms. The lowest BCUT2D eigenvalue weighted by atomic mass is 10.0. The molecule has 0 aliphatic carbocycles. The van der Waals surface area contributed by atoms with Gasteiger partial charge in [0.05, 0.1) is 15.8 Å². The first-order chi connectivity index (χ1) is 9.68. The third kappa shape index (κ3) is 2.82. The van der Waals surface area contributed by atoms with Gasteiger partial charge in [0.15, 0.2) is 9.84 Å². The quantitative estimate of drug-likeness (QED) is 0.912. The van der Waals surface area contributed by atoms with Crippen molar-refractivity contribution in [1.29, 1.82) is 0 Å². The van der Waals surface area contributed by atoms with Crippen molar-refractivity contribution < 1.29 is 8.42 Å². The molecule has 1 aromatic carbocycles. The Bertz CT molecular complexity index is 747. The number of fused-ring (bicyclic) bond motifs is 1. The molecular weight excluding hydrogens is 286 g/mol. The summed E-state index contributed by atoms with van der Waals surface area (Å²) in [4.78, 5) is 4.61. The van der Waals surface area contributed by atoms with E-state index in [0.717, 1.165) is 23.4 Å². The van der Waals surface area contributed by atoms with Crippen molar-refractivity contribution in [2.75, 3.05) is 6.26 Å². The number of nitrogens with zero attached hydrogens (tertiary/aromatic N) is 2. The van der Waals surface area contributed by atoms with Crippen molar-refractivity contribution in [2.24, 2.45) is 5.73 Å². The predicted octanol–water partition coefficient (Wildman–Crippen LogP) is 1.75. The Morgan fingerprint density at radius 2 is 1.95 bits per heavy atom. The van der Waals surface area contributed by atoms with Crippen LogP contribution in [-0.2, 0) is 22.8 Å². The van der Waals surface area contributed by atoms with Gasteiger partial charge in [0.25, 0.3) is 0 Å². The highest BCUT2D eigenvalue weighted by atomic mass is 32.2. The maximum absolute atomic E-state index is 11.9. The fourth-order valence-electron chi connectivity index (χ4n) is 2.35. The fraction of sp³-hybridized carbons (Fsp3) is 0.533. The number of aryl methyl sites for hydroxylation is 1. The molecule has 0 saturated carbocycles. The number of sulfone groups is 1. The first-order valence-electron chi connectivity index (χ1n) is 7.07. The summed E-state index contributed by atoms with van der Waals surface area (Å²) < 4.78 is 24.9. The van der Waals surface area contributed by atoms with E-state index in [2.05, 4.69) is 9.55 Å². The molecule has 0 radical (unpaired) electrons. The van der Waals surface area contributed by atoms with E-state index in [1.807, 2.05) is 31.2 Å². The molecule has 1 aromatic heterocycles. The van der Waals surface area contributed by atoms with Gasteiger partial charge in [-0.1, -0.05) is 12.1 Å². The zero-order chi connectivity index (χ0) is 15.8. The van der Waals surface area contributed by atoms with Gasteiger partial charge in [-0.2, -0.15) is 0 Å². The van der Waals surface area contributed by atoms with E-state index in [-0.39, 0.29) is 0 Å². The van der Waals surface area contributed by atoms with E-state index >= 15 is 0 Å². The molecule has 2 rings (SSSR count). The monoisotopic (exact) mass is 309 g/mol. The standard InChI is InChI=1S/C15H23N3O2S/c1-5-18-12-9-7-6-8-11(12)17-14(18)10-13(16)15(2,3)21(4,19)20/h6-9,13H,5,10,16H2,1-4H3. The summed E-state index contributed by atoms with van der Waals surface area (Å²) in [6, 6.07) is 7.38. The molecule has 0 amide bonds. The van der Waals surface area contributed by atoms with Gasteiger partial charge in [-0.25, -0.2) is 13.4 Å². The lowest BCUT2D eigenvalue weighted by Crippen LogP contribution is -2.50. The van der Waals surface area contributed by atoms with Crippen LogP contribution in [0.4, 0.5) is 0 Å². The number of nitrogens with two attached hydrogens (primary N) is 1. The van der Waals surface area contributed by atoms with Crippen LogP contribution in [0.15, 0.2) is 24.3 Å². The molecular formula is C15H23N3O2S. The number of imidazole rings is 1. The van der Waals surface area contributed by atoms with E-state index in [1.165, 1.54) is 6.26 Å². The first-order valence-corrected chi connectivity index (χ1v) is 8.97. The normalized spacial score (nSPS) is 14.5. The summed E-state index contributed by atoms with van der Waals surface area (Å²) in [5.41, 5.74) is 8.15. The summed E-state index contributed by atoms with van der Waals surface area (Å²) in [5, 5.41) is 0. The van der Waals surface area contributed by atoms with Crippen molar-refractivity contribution in [3.63, 3.8) is 0 Å². The van der Waals surface area contributed by atoms with Crippen LogP contribution in [0.5, 0.6) is 0 Å². The van der Waals surface area contributed by atoms with Crippen LogP contribution in [0.3, 0.4) is 0 Å². The molecule has 1 atom stereocenters. The van der Waals surface area contributed by atoms with E-state index in [4.69, 9.17) is 5.73 Å². The topological polar surface area (TPSA) is 78.0 Å². The van der Waals surface area contributed by atoms with Gasteiger partial charge in [-0.3, -0.25) is 0 Å². The van der Waals surface area contributed by atoms with Crippen molar-refractivity contribution in [3.05, 3.63) is 30.1 Å². The first kappa shape index (κ1) is 16.0. The van der Waals surface area contributed by atoms with Gasteiger partial charge in [0.1, 0.15) is 5.82 Å². The second kappa shape index (κ2) is 5.42. The van der Waals surface area contributed by atoms with Crippen LogP contribution in [0.2, 0.25) is 0 Å². The second-order valence-corrected chi connectivity index (χ2v) is 8.54. The van der Waals surface area contributed by atoms with Crippen molar-refractivity contribution in [2.45, 2.75) is 44.5 Å². The Balaban J connectivity index is 2.40. The molecule has 1 unspecified atom stereocenters. The third-order valence-corrected chi connectivity index (χ3v) is 6.52. The summed E-state index contributed by atoms with van der Waals surface area (Å²) in [6.07, 6.45) is 1.66. The van der Waals surface area contributed by atoms with Gasteiger partial charge in [-0.05, 0) is 32.9 Å². The van der Waals surface area contributed by atoms with E-state index in [1.54, 1.807) is 13.8 Å². The number of para-hydroxylation sites is 2. The van der Waals surface area contributed by atoms with Gasteiger partial charge >= 0.3 is 0 Å². The average Bonchev–Trinajstić information content (AvgIpc) is 2.74. The predicted molar refractivity (Wildman–Crippen MR) is 86.0 cm³/mol. The minimum absolute atomic E-state index is 0.433. The number of aromatic nitrogens is 2. The molecule has 6 heteroatoms. The lowest BCUT2D eigenvalue weighted by Gasteiger charge is -2.29. The number of hydrogen-bond acceptors (Lipinski definition) is 4. The zero-order valence-electron chi connectivity index (χ0n) is 13.0. The van der Waals surface area contributed by atoms with Crippen molar-refractivity contribution in [1.82, 2.24) is 9.55 Å². The highest BCUT2D eigenvalue weighted by Gasteiger charge is 2.37. The highest BCUT2D eigenvalue weighted by molar-refractivity contribution is 7.92. The Hall–Kier alpha value is -1.40. The van der Waals surface area contributed by atoms with Crippen molar-refractivity contribution in [3.8, 4) is 0 Å². The Labute approximate surface area is 126 Å². The molecule has 0 saturated heterocycles. The van der Waals surface area contributed by atoms with Gasteiger partial charge in [0.2, 0.25) is 0 Å². The van der Waals surface area contributed by atoms with Crippen molar-refractivity contribution >= 4 is 20.9 Å². The number of benzene rings is 1. The molecule has 116 valence electrons. The molecule has 0 aliphatic rings. The number of rotatable bonds is 5. The largest absolute Gasteiger partial charge is 0.328 e. The summed E-state index contributed by atoms with van der Waals surface area (Å²) in [7, 11) is -3.23. The van der Waals surface area contributed by atoms with Gasteiger partial charge in [-0.15, -0.1) is 0 Å². The van der Waals surface area contributed by atoms with Crippen LogP contribution in [0, 0.1) is 0 Å². The summed E-state index contributed by atoms with van der Waals surface area (Å²) in [5.74, 6) is 0.836. The third-order valence-electron chi connectivity index (χ3n) is 4.30. The molecule has 0 aliphatic heterocycles. The van der Waals surface area contributed by atoms with Crippen LogP contribution in [0.1, 0.15) is 26.6 Å². The maximum Gasteiger partial charge on any atom is 0.154 e. The molecule has 0 spiro atoms. The van der Waals surface area contributed by atoms with Crippen LogP contribution in [0.25, 0.3) is 11.0 Å². The molecule has 1 heterocycles. The van der Waals surface area contributed by atoms with E-state index < -0.39 is 20.6 Å². The SMILES string of the molecule is CCn1c(CC(N)C(C)(C)S(C)(=O)=O)nc2ccccc21. The highest BCUT2D eigenvalue weighted by Crippen LogP contribution is 2.23. The Morgan fingerprint density at radius 1 is 1.33 bits per heavy atom. The average molecular weight is 309 g/mol. The molecule has 5 nitrogen and oxygen atoms in total. The zero-order valence-corrected chi connectivity index (χ0v) is 13.8. The van der Waals surface area contributed by atoms with E-state index in [0.29, 0.717) is 6.42 Å². The minimum Gasteiger partial charge on any atom is -0.328 e. The Morgan fingerprint density at radius 3 is 2.52 bits per heavy atom. The lowest BCUT2D eigenvalue weighted by molar-refractivity contribution is 0.470. The van der Waals surface area contributed by atoms with Crippen LogP contribution in [-0.4, -0.2) is 35.0 Å². The van der Waals surface area contributed by atoms with Gasteiger partial charge < -0.3 is 10.3 Å². The molecule has 21 heavy (non-hydrogen) atoms. The van der Waals surface area contributed by atoms with E-state index in [9.17, 15) is 8.42 Å². The Kier molecular flexibility index (Phi) is 4.13. The van der Waals surface area contributed by atoms with Gasteiger partial charge in [0, 0.05) is 25.3 Å².